The minimum Gasteiger partial charge on any atom is -0.491 e. The molecule has 3 aromatic rings. The van der Waals surface area contributed by atoms with Gasteiger partial charge in [0.25, 0.3) is 0 Å². The van der Waals surface area contributed by atoms with Crippen molar-refractivity contribution in [2.24, 2.45) is 0 Å². The van der Waals surface area contributed by atoms with Crippen LogP contribution in [-0.4, -0.2) is 103 Å². The molecule has 1 unspecified atom stereocenters. The van der Waals surface area contributed by atoms with Crippen LogP contribution in [0.3, 0.4) is 0 Å². The number of likely N-dealkylation sites (N-methyl/N-ethyl adjacent to an activating group) is 1. The summed E-state index contributed by atoms with van der Waals surface area (Å²) in [6.07, 6.45) is -0.681. The Morgan fingerprint density at radius 3 is 2.33 bits per heavy atom. The molecule has 0 fully saturated rings. The molecule has 0 saturated carbocycles. The van der Waals surface area contributed by atoms with Gasteiger partial charge in [-0.05, 0) is 54.1 Å². The van der Waals surface area contributed by atoms with Crippen molar-refractivity contribution in [3.05, 3.63) is 102 Å². The number of anilines is 1. The lowest BCUT2D eigenvalue weighted by Gasteiger charge is -2.20. The van der Waals surface area contributed by atoms with Gasteiger partial charge < -0.3 is 39.0 Å². The highest BCUT2D eigenvalue weighted by Crippen LogP contribution is 2.31. The van der Waals surface area contributed by atoms with E-state index in [2.05, 4.69) is 58.2 Å². The third kappa shape index (κ3) is 12.5. The van der Waals surface area contributed by atoms with E-state index in [0.29, 0.717) is 70.8 Å². The van der Waals surface area contributed by atoms with E-state index in [4.69, 9.17) is 28.7 Å². The zero-order valence-corrected chi connectivity index (χ0v) is 30.4. The lowest BCUT2D eigenvalue weighted by atomic mass is 10.2. The molecule has 272 valence electrons. The second-order valence-corrected chi connectivity index (χ2v) is 13.3. The molecule has 1 aliphatic carbocycles. The van der Waals surface area contributed by atoms with Crippen LogP contribution in [0.5, 0.6) is 11.5 Å². The average molecular weight is 720 g/mol. The van der Waals surface area contributed by atoms with E-state index in [1.54, 1.807) is 35.6 Å². The summed E-state index contributed by atoms with van der Waals surface area (Å²) >= 11 is 1.76. The molecule has 0 aromatic heterocycles. The third-order valence-corrected chi connectivity index (χ3v) is 9.08. The number of fused-ring (bicyclic) bond motifs is 2. The Balaban J connectivity index is 0.858. The normalized spacial score (nSPS) is 11.9. The number of benzene rings is 4. The third-order valence-electron chi connectivity index (χ3n) is 7.99. The molecule has 3 aromatic carbocycles. The van der Waals surface area contributed by atoms with Gasteiger partial charge in [-0.3, -0.25) is 0 Å². The Morgan fingerprint density at radius 2 is 1.57 bits per heavy atom. The van der Waals surface area contributed by atoms with E-state index >= 15 is 0 Å². The van der Waals surface area contributed by atoms with Crippen molar-refractivity contribution in [3.8, 4) is 22.1 Å². The van der Waals surface area contributed by atoms with Crippen LogP contribution in [0.1, 0.15) is 5.56 Å². The second kappa shape index (κ2) is 20.0. The van der Waals surface area contributed by atoms with Gasteiger partial charge in [0.05, 0.1) is 60.4 Å². The first-order chi connectivity index (χ1) is 24.8. The Morgan fingerprint density at radius 1 is 0.843 bits per heavy atom. The van der Waals surface area contributed by atoms with Crippen LogP contribution in [0.25, 0.3) is 20.8 Å². The molecule has 10 nitrogen and oxygen atoms in total. The summed E-state index contributed by atoms with van der Waals surface area (Å²) in [6, 6.07) is 26.2. The number of aromatic nitrogens is 1. The fourth-order valence-electron chi connectivity index (χ4n) is 5.06. The lowest BCUT2D eigenvalue weighted by Crippen LogP contribution is -2.33. The molecular formula is C39H48FN4O6S+. The van der Waals surface area contributed by atoms with Gasteiger partial charge in [-0.25, -0.2) is 13.9 Å². The molecule has 5 rings (SSSR count). The maximum absolute atomic E-state index is 13.1. The van der Waals surface area contributed by atoms with Gasteiger partial charge in [0.2, 0.25) is 5.36 Å². The summed E-state index contributed by atoms with van der Waals surface area (Å²) < 4.78 is 44.9. The van der Waals surface area contributed by atoms with Crippen molar-refractivity contribution >= 4 is 27.2 Å². The first-order valence-electron chi connectivity index (χ1n) is 17.1. The van der Waals surface area contributed by atoms with E-state index in [0.717, 1.165) is 33.7 Å². The predicted octanol–water partition coefficient (Wildman–Crippen LogP) is 4.67. The fraction of sp³-hybridized carbons (Fsp3) is 0.385. The standard InChI is InChI=1S/C39H48FN4O6S/c1-43(2)31-11-13-36-38(23-31)51-39-24-32(12-14-37(39)42-36)44(3)16-18-47-20-22-48-21-19-46-17-15-41-26-33(45)28-50-35-6-4-5-34(25-35)49-27-29-7-9-30(40)10-8-29/h4-14,23-25,33,41,45H,15-22,26-28H2,1-3H3/q+1. The smallest absolute Gasteiger partial charge is 0.201 e. The maximum atomic E-state index is 13.1. The minimum atomic E-state index is -0.681. The van der Waals surface area contributed by atoms with Crippen LogP contribution in [0.2, 0.25) is 0 Å². The van der Waals surface area contributed by atoms with Gasteiger partial charge >= 0.3 is 0 Å². The van der Waals surface area contributed by atoms with Crippen LogP contribution in [0.4, 0.5) is 10.1 Å². The maximum Gasteiger partial charge on any atom is 0.201 e. The molecule has 0 radical (unpaired) electrons. The molecule has 0 spiro atoms. The number of halogens is 1. The van der Waals surface area contributed by atoms with Crippen molar-refractivity contribution in [1.82, 2.24) is 14.9 Å². The monoisotopic (exact) mass is 719 g/mol. The minimum absolute atomic E-state index is 0.138. The number of rotatable bonds is 21. The molecule has 12 heteroatoms. The topological polar surface area (TPSA) is 97.6 Å². The van der Waals surface area contributed by atoms with Gasteiger partial charge in [-0.1, -0.05) is 18.2 Å². The Hall–Kier alpha value is -4.17. The Kier molecular flexibility index (Phi) is 14.9. The molecule has 0 amide bonds. The number of nitrogens with zero attached hydrogens (tertiary/aromatic N) is 3. The highest BCUT2D eigenvalue weighted by molar-refractivity contribution is 7.21. The van der Waals surface area contributed by atoms with E-state index in [9.17, 15) is 9.50 Å². The molecule has 1 atom stereocenters. The highest BCUT2D eigenvalue weighted by atomic mass is 32.1. The Labute approximate surface area is 303 Å². The summed E-state index contributed by atoms with van der Waals surface area (Å²) in [7, 11) is 6.17. The molecule has 0 saturated heterocycles. The quantitative estimate of drug-likeness (QED) is 0.0638. The van der Waals surface area contributed by atoms with Crippen molar-refractivity contribution in [1.29, 1.82) is 0 Å². The summed E-state index contributed by atoms with van der Waals surface area (Å²) in [6.45, 7) is 5.31. The van der Waals surface area contributed by atoms with Gasteiger partial charge in [0, 0.05) is 50.6 Å². The average Bonchev–Trinajstić information content (AvgIpc) is 3.14. The number of hydrogen-bond acceptors (Lipinski definition) is 10. The molecule has 2 N–H and O–H groups in total. The number of nitrogens with one attached hydrogen (secondary N) is 1. The zero-order valence-electron chi connectivity index (χ0n) is 29.6. The second-order valence-electron chi connectivity index (χ2n) is 12.2. The van der Waals surface area contributed by atoms with Gasteiger partial charge in [-0.15, -0.1) is 11.3 Å². The van der Waals surface area contributed by atoms with Crippen molar-refractivity contribution in [2.45, 2.75) is 12.7 Å². The summed E-state index contributed by atoms with van der Waals surface area (Å²) in [4.78, 5) is 8.21. The van der Waals surface area contributed by atoms with Crippen molar-refractivity contribution in [3.63, 3.8) is 0 Å². The lowest BCUT2D eigenvalue weighted by molar-refractivity contribution is 0.0160. The molecule has 2 aliphatic rings. The predicted molar refractivity (Wildman–Crippen MR) is 201 cm³/mol. The number of hydrogen-bond donors (Lipinski definition) is 2. The molecule has 1 aliphatic heterocycles. The SMILES string of the molecule is CN(CCOCCOCCOCCNCC(O)COc1cccc(OCc2ccc(F)cc2)c1)c1ccc2nc3ccc(=[N+](C)C)cc-3sc2c1. The van der Waals surface area contributed by atoms with E-state index < -0.39 is 6.10 Å². The molecule has 1 heterocycles. The highest BCUT2D eigenvalue weighted by Gasteiger charge is 2.11. The zero-order chi connectivity index (χ0) is 35.8. The molecular weight excluding hydrogens is 672 g/mol. The number of ether oxygens (including phenoxy) is 5. The summed E-state index contributed by atoms with van der Waals surface area (Å²) in [5, 5.41) is 14.6. The van der Waals surface area contributed by atoms with Crippen LogP contribution in [-0.2, 0) is 20.8 Å². The molecule has 51 heavy (non-hydrogen) atoms. The van der Waals surface area contributed by atoms with E-state index in [1.807, 2.05) is 26.2 Å². The van der Waals surface area contributed by atoms with Crippen LogP contribution < -0.4 is 29.6 Å². The van der Waals surface area contributed by atoms with Gasteiger partial charge in [-0.2, -0.15) is 0 Å². The number of aliphatic hydroxyl groups is 1. The fourth-order valence-corrected chi connectivity index (χ4v) is 6.09. The van der Waals surface area contributed by atoms with Crippen molar-refractivity contribution < 1.29 is 33.2 Å². The van der Waals surface area contributed by atoms with Crippen LogP contribution in [0.15, 0.2) is 84.9 Å². The van der Waals surface area contributed by atoms with Gasteiger partial charge in [0.1, 0.15) is 50.7 Å². The largest absolute Gasteiger partial charge is 0.491 e. The van der Waals surface area contributed by atoms with E-state index in [1.165, 1.54) is 22.4 Å². The Bertz CT molecular complexity index is 1840. The summed E-state index contributed by atoms with van der Waals surface area (Å²) in [5.74, 6) is 0.947. The van der Waals surface area contributed by atoms with Gasteiger partial charge in [0.15, 0.2) is 0 Å². The summed E-state index contributed by atoms with van der Waals surface area (Å²) in [5.41, 5.74) is 4.02. The van der Waals surface area contributed by atoms with Crippen LogP contribution >= 0.6 is 11.3 Å². The van der Waals surface area contributed by atoms with Crippen molar-refractivity contribution in [2.75, 3.05) is 91.9 Å². The van der Waals surface area contributed by atoms with Crippen LogP contribution in [0, 0.1) is 5.82 Å². The first-order valence-corrected chi connectivity index (χ1v) is 17.9. The number of aliphatic hydroxyl groups excluding tert-OH is 1. The first kappa shape index (κ1) is 38.1. The van der Waals surface area contributed by atoms with E-state index in [-0.39, 0.29) is 12.4 Å². The molecule has 0 bridgehead atoms.